The summed E-state index contributed by atoms with van der Waals surface area (Å²) in [6.07, 6.45) is 0.382. The maximum atomic E-state index is 12.9. The molecule has 2 rings (SSSR count). The van der Waals surface area contributed by atoms with Crippen LogP contribution >= 0.6 is 23.2 Å². The highest BCUT2D eigenvalue weighted by Gasteiger charge is 2.32. The van der Waals surface area contributed by atoms with Crippen LogP contribution in [0.1, 0.15) is 23.6 Å². The van der Waals surface area contributed by atoms with E-state index in [-0.39, 0.29) is 15.5 Å². The van der Waals surface area contributed by atoms with Crippen molar-refractivity contribution >= 4 is 51.0 Å². The van der Waals surface area contributed by atoms with E-state index in [0.717, 1.165) is 10.5 Å². The number of rotatable bonds is 7. The number of halogens is 2. The number of carboxylic acid groups (broad SMARTS) is 1. The molecule has 0 bridgehead atoms. The number of amides is 1. The summed E-state index contributed by atoms with van der Waals surface area (Å²) >= 11 is 12.6. The molecule has 31 heavy (non-hydrogen) atoms. The number of aryl methyl sites for hydroxylation is 1. The van der Waals surface area contributed by atoms with Crippen molar-refractivity contribution in [3.05, 3.63) is 68.7 Å². The maximum absolute atomic E-state index is 12.9. The third-order valence-corrected chi connectivity index (χ3v) is 6.37. The Morgan fingerprint density at radius 2 is 1.65 bits per heavy atom. The molecule has 1 amide bonds. The summed E-state index contributed by atoms with van der Waals surface area (Å²) in [5.41, 5.74) is 0.312. The van der Waals surface area contributed by atoms with Crippen molar-refractivity contribution in [3.8, 4) is 0 Å². The van der Waals surface area contributed by atoms with Crippen LogP contribution in [0.5, 0.6) is 0 Å². The van der Waals surface area contributed by atoms with Gasteiger partial charge >= 0.3 is 16.1 Å². The molecule has 0 aliphatic rings. The highest BCUT2D eigenvalue weighted by molar-refractivity contribution is 7.87. The average molecular weight is 486 g/mol. The van der Waals surface area contributed by atoms with E-state index in [1.165, 1.54) is 38.4 Å². The van der Waals surface area contributed by atoms with Crippen molar-refractivity contribution in [3.63, 3.8) is 0 Å². The molecule has 2 aromatic rings. The Balaban J connectivity index is 2.84. The average Bonchev–Trinajstić information content (AvgIpc) is 2.67. The fraction of sp³-hybridized carbons (Fsp3) is 0.238. The second-order valence-corrected chi connectivity index (χ2v) is 9.13. The van der Waals surface area contributed by atoms with E-state index < -0.39 is 33.3 Å². The van der Waals surface area contributed by atoms with Gasteiger partial charge in [-0.1, -0.05) is 47.8 Å². The van der Waals surface area contributed by atoms with Gasteiger partial charge in [0, 0.05) is 24.7 Å². The van der Waals surface area contributed by atoms with Gasteiger partial charge in [-0.2, -0.15) is 8.42 Å². The summed E-state index contributed by atoms with van der Waals surface area (Å²) in [7, 11) is -1.83. The SMILES string of the molecule is CCc1c(Cl)ccc(C(OS(=O)(=O)c2ccc(C)cc2)=C(C(=O)O)C(=O)N(C)C)c1Cl. The van der Waals surface area contributed by atoms with Crippen molar-refractivity contribution in [2.45, 2.75) is 25.2 Å². The quantitative estimate of drug-likeness (QED) is 0.208. The van der Waals surface area contributed by atoms with Crippen LogP contribution in [0.2, 0.25) is 10.0 Å². The van der Waals surface area contributed by atoms with E-state index in [9.17, 15) is 23.1 Å². The zero-order chi connectivity index (χ0) is 23.5. The molecule has 0 spiro atoms. The van der Waals surface area contributed by atoms with E-state index >= 15 is 0 Å². The zero-order valence-electron chi connectivity index (χ0n) is 17.3. The van der Waals surface area contributed by atoms with Crippen molar-refractivity contribution in [1.29, 1.82) is 0 Å². The lowest BCUT2D eigenvalue weighted by molar-refractivity contribution is -0.136. The van der Waals surface area contributed by atoms with Gasteiger partial charge in [-0.05, 0) is 43.2 Å². The minimum absolute atomic E-state index is 0.00517. The summed E-state index contributed by atoms with van der Waals surface area (Å²) in [5, 5.41) is 10.1. The number of hydrogen-bond acceptors (Lipinski definition) is 5. The molecule has 0 aliphatic heterocycles. The molecule has 0 unspecified atom stereocenters. The number of likely N-dealkylation sites (N-methyl/N-ethyl adjacent to an activating group) is 1. The number of aliphatic carboxylic acids is 1. The van der Waals surface area contributed by atoms with Gasteiger partial charge < -0.3 is 14.2 Å². The molecule has 1 N–H and O–H groups in total. The predicted octanol–water partition coefficient (Wildman–Crippen LogP) is 4.15. The molecule has 0 saturated carbocycles. The molecular weight excluding hydrogens is 465 g/mol. The largest absolute Gasteiger partial charge is 0.477 e. The second kappa shape index (κ2) is 9.72. The van der Waals surface area contributed by atoms with E-state index in [1.807, 2.05) is 0 Å². The van der Waals surface area contributed by atoms with Crippen molar-refractivity contribution < 1.29 is 27.3 Å². The summed E-state index contributed by atoms with van der Waals surface area (Å²) in [6, 6.07) is 8.51. The van der Waals surface area contributed by atoms with Crippen molar-refractivity contribution in [2.24, 2.45) is 0 Å². The van der Waals surface area contributed by atoms with Crippen LogP contribution in [0.4, 0.5) is 0 Å². The highest BCUT2D eigenvalue weighted by atomic mass is 35.5. The molecule has 0 aliphatic carbocycles. The molecule has 0 radical (unpaired) electrons. The number of benzene rings is 2. The Morgan fingerprint density at radius 3 is 2.13 bits per heavy atom. The normalized spacial score (nSPS) is 12.2. The first kappa shape index (κ1) is 24.7. The lowest BCUT2D eigenvalue weighted by Crippen LogP contribution is -2.29. The fourth-order valence-electron chi connectivity index (χ4n) is 2.69. The third kappa shape index (κ3) is 5.39. The first-order valence-electron chi connectivity index (χ1n) is 9.08. The zero-order valence-corrected chi connectivity index (χ0v) is 19.6. The molecule has 0 aromatic heterocycles. The van der Waals surface area contributed by atoms with E-state index in [2.05, 4.69) is 0 Å². The van der Waals surface area contributed by atoms with Crippen LogP contribution in [-0.2, 0) is 30.3 Å². The van der Waals surface area contributed by atoms with Gasteiger partial charge in [0.05, 0.1) is 5.02 Å². The van der Waals surface area contributed by atoms with E-state index in [0.29, 0.717) is 17.0 Å². The first-order chi connectivity index (χ1) is 14.4. The minimum Gasteiger partial charge on any atom is -0.477 e. The summed E-state index contributed by atoms with van der Waals surface area (Å²) < 4.78 is 31.1. The molecular formula is C21H21Cl2NO6S. The topological polar surface area (TPSA) is 101 Å². The summed E-state index contributed by atoms with van der Waals surface area (Å²) in [4.78, 5) is 25.4. The monoisotopic (exact) mass is 485 g/mol. The van der Waals surface area contributed by atoms with Gasteiger partial charge in [-0.25, -0.2) is 4.79 Å². The van der Waals surface area contributed by atoms with Crippen LogP contribution in [0.15, 0.2) is 46.9 Å². The van der Waals surface area contributed by atoms with Crippen LogP contribution in [-0.4, -0.2) is 44.4 Å². The standard InChI is InChI=1S/C21H21Cl2NO6S/c1-5-14-16(22)11-10-15(18(14)23)19(17(21(26)27)20(25)24(3)4)30-31(28,29)13-8-6-12(2)7-9-13/h6-11H,5H2,1-4H3,(H,26,27). The van der Waals surface area contributed by atoms with Crippen LogP contribution < -0.4 is 0 Å². The Bertz CT molecular complexity index is 1160. The lowest BCUT2D eigenvalue weighted by atomic mass is 10.0. The molecule has 0 saturated heterocycles. The van der Waals surface area contributed by atoms with E-state index in [1.54, 1.807) is 26.0 Å². The number of carboxylic acids is 1. The molecule has 0 heterocycles. The number of carbonyl (C=O) groups is 2. The molecule has 2 aromatic carbocycles. The van der Waals surface area contributed by atoms with Crippen LogP contribution in [0, 0.1) is 6.92 Å². The smallest absolute Gasteiger partial charge is 0.345 e. The highest BCUT2D eigenvalue weighted by Crippen LogP contribution is 2.36. The summed E-state index contributed by atoms with van der Waals surface area (Å²) in [6.45, 7) is 3.55. The van der Waals surface area contributed by atoms with Crippen LogP contribution in [0.3, 0.4) is 0 Å². The number of hydrogen-bond donors (Lipinski definition) is 1. The lowest BCUT2D eigenvalue weighted by Gasteiger charge is -2.19. The number of carbonyl (C=O) groups excluding carboxylic acids is 1. The van der Waals surface area contributed by atoms with Gasteiger partial charge in [0.1, 0.15) is 4.90 Å². The first-order valence-corrected chi connectivity index (χ1v) is 11.2. The van der Waals surface area contributed by atoms with Gasteiger partial charge in [-0.15, -0.1) is 0 Å². The molecule has 166 valence electrons. The minimum atomic E-state index is -4.49. The molecule has 0 fully saturated rings. The predicted molar refractivity (Wildman–Crippen MR) is 119 cm³/mol. The summed E-state index contributed by atoms with van der Waals surface area (Å²) in [5.74, 6) is -3.33. The second-order valence-electron chi connectivity index (χ2n) is 6.80. The van der Waals surface area contributed by atoms with Gasteiger partial charge in [0.25, 0.3) is 5.91 Å². The molecule has 0 atom stereocenters. The molecule has 10 heteroatoms. The van der Waals surface area contributed by atoms with Crippen molar-refractivity contribution in [2.75, 3.05) is 14.1 Å². The van der Waals surface area contributed by atoms with Gasteiger partial charge in [0.2, 0.25) is 0 Å². The third-order valence-electron chi connectivity index (χ3n) is 4.35. The van der Waals surface area contributed by atoms with Gasteiger partial charge in [-0.3, -0.25) is 4.79 Å². The maximum Gasteiger partial charge on any atom is 0.345 e. The fourth-order valence-corrected chi connectivity index (χ4v) is 4.37. The number of nitrogens with zero attached hydrogens (tertiary/aromatic N) is 1. The Morgan fingerprint density at radius 1 is 1.06 bits per heavy atom. The molecule has 7 nitrogen and oxygen atoms in total. The Labute approximate surface area is 191 Å². The van der Waals surface area contributed by atoms with Gasteiger partial charge in [0.15, 0.2) is 11.3 Å². The van der Waals surface area contributed by atoms with Crippen LogP contribution in [0.25, 0.3) is 5.76 Å². The Kier molecular flexibility index (Phi) is 7.75. The van der Waals surface area contributed by atoms with Crippen molar-refractivity contribution in [1.82, 2.24) is 4.90 Å². The Hall–Kier alpha value is -2.55. The van der Waals surface area contributed by atoms with E-state index in [4.69, 9.17) is 27.4 Å².